The molecule has 0 spiro atoms. The summed E-state index contributed by atoms with van der Waals surface area (Å²) in [6.45, 7) is 2.12. The van der Waals surface area contributed by atoms with Gasteiger partial charge < -0.3 is 10.6 Å². The molecule has 0 radical (unpaired) electrons. The molecular formula is C16H21N5O2S. The molecule has 1 fully saturated rings. The number of hydrogen-bond acceptors (Lipinski definition) is 5. The first-order valence-corrected chi connectivity index (χ1v) is 8.38. The van der Waals surface area contributed by atoms with Crippen LogP contribution in [0.3, 0.4) is 0 Å². The highest BCUT2D eigenvalue weighted by Gasteiger charge is 2.28. The molecule has 128 valence electrons. The molecule has 0 unspecified atom stereocenters. The third-order valence-corrected chi connectivity index (χ3v) is 3.85. The van der Waals surface area contributed by atoms with Gasteiger partial charge in [-0.05, 0) is 37.2 Å². The summed E-state index contributed by atoms with van der Waals surface area (Å²) in [4.78, 5) is 27.7. The van der Waals surface area contributed by atoms with E-state index < -0.39 is 6.04 Å². The molecule has 7 nitrogen and oxygen atoms in total. The average molecular weight is 347 g/mol. The summed E-state index contributed by atoms with van der Waals surface area (Å²) in [5, 5.41) is 10.0. The van der Waals surface area contributed by atoms with E-state index in [1.165, 1.54) is 0 Å². The third-order valence-electron chi connectivity index (χ3n) is 3.63. The van der Waals surface area contributed by atoms with Gasteiger partial charge in [-0.15, -0.1) is 0 Å². The van der Waals surface area contributed by atoms with Crippen molar-refractivity contribution in [3.8, 4) is 0 Å². The van der Waals surface area contributed by atoms with Gasteiger partial charge in [0.2, 0.25) is 5.91 Å². The quantitative estimate of drug-likeness (QED) is 0.287. The molecule has 1 aliphatic heterocycles. The fourth-order valence-electron chi connectivity index (χ4n) is 2.32. The van der Waals surface area contributed by atoms with Crippen molar-refractivity contribution < 1.29 is 9.59 Å². The van der Waals surface area contributed by atoms with Crippen molar-refractivity contribution in [1.82, 2.24) is 21.0 Å². The van der Waals surface area contributed by atoms with E-state index in [9.17, 15) is 9.59 Å². The van der Waals surface area contributed by atoms with E-state index in [0.29, 0.717) is 17.1 Å². The summed E-state index contributed by atoms with van der Waals surface area (Å²) in [5.74, 6) is -0.464. The molecular weight excluding hydrogens is 326 g/mol. The maximum Gasteiger partial charge on any atom is 0.271 e. The van der Waals surface area contributed by atoms with Gasteiger partial charge in [0.25, 0.3) is 5.91 Å². The second kappa shape index (κ2) is 9.07. The van der Waals surface area contributed by atoms with Crippen LogP contribution in [0.2, 0.25) is 0 Å². The first kappa shape index (κ1) is 18.0. The molecule has 1 saturated heterocycles. The number of nitrogens with zero attached hydrogens (tertiary/aromatic N) is 2. The van der Waals surface area contributed by atoms with Crippen molar-refractivity contribution in [3.63, 3.8) is 0 Å². The Kier molecular flexibility index (Phi) is 6.80. The largest absolute Gasteiger partial charge is 0.350 e. The predicted octanol–water partition coefficient (Wildman–Crippen LogP) is 1.51. The zero-order valence-corrected chi connectivity index (χ0v) is 14.4. The molecule has 2 heterocycles. The van der Waals surface area contributed by atoms with Gasteiger partial charge in [0.05, 0.1) is 0 Å². The van der Waals surface area contributed by atoms with Gasteiger partial charge in [0.1, 0.15) is 6.04 Å². The summed E-state index contributed by atoms with van der Waals surface area (Å²) >= 11 is 4.94. The molecule has 1 aromatic rings. The second-order valence-corrected chi connectivity index (χ2v) is 5.94. The van der Waals surface area contributed by atoms with Gasteiger partial charge in [-0.3, -0.25) is 14.6 Å². The first-order chi connectivity index (χ1) is 11.6. The van der Waals surface area contributed by atoms with Crippen LogP contribution >= 0.6 is 12.2 Å². The minimum Gasteiger partial charge on any atom is -0.350 e. The SMILES string of the molecule is CCCCC/C(C[C@@H]1NC(=S)NC1=O)=N\NC(=O)c1ccncc1. The number of rotatable bonds is 8. The fraction of sp³-hybridized carbons (Fsp3) is 0.438. The zero-order chi connectivity index (χ0) is 17.4. The highest BCUT2D eigenvalue weighted by atomic mass is 32.1. The maximum atomic E-state index is 12.1. The van der Waals surface area contributed by atoms with Crippen LogP contribution in [0.1, 0.15) is 49.4 Å². The lowest BCUT2D eigenvalue weighted by Gasteiger charge is -2.11. The lowest BCUT2D eigenvalue weighted by atomic mass is 10.0. The van der Waals surface area contributed by atoms with Crippen LogP contribution in [0.4, 0.5) is 0 Å². The number of thiocarbonyl (C=S) groups is 1. The number of aromatic nitrogens is 1. The Labute approximate surface area is 146 Å². The Morgan fingerprint density at radius 1 is 1.38 bits per heavy atom. The van der Waals surface area contributed by atoms with Crippen LogP contribution in [-0.2, 0) is 4.79 Å². The summed E-state index contributed by atoms with van der Waals surface area (Å²) in [5.41, 5.74) is 3.81. The minimum atomic E-state index is -0.435. The molecule has 2 rings (SSSR count). The second-order valence-electron chi connectivity index (χ2n) is 5.53. The van der Waals surface area contributed by atoms with Crippen LogP contribution in [0.25, 0.3) is 0 Å². The summed E-state index contributed by atoms with van der Waals surface area (Å²) < 4.78 is 0. The van der Waals surface area contributed by atoms with E-state index in [1.807, 2.05) is 0 Å². The monoisotopic (exact) mass is 347 g/mol. The number of nitrogens with one attached hydrogen (secondary N) is 3. The van der Waals surface area contributed by atoms with E-state index in [1.54, 1.807) is 24.5 Å². The number of carbonyl (C=O) groups excluding carboxylic acids is 2. The Balaban J connectivity index is 2.00. The molecule has 24 heavy (non-hydrogen) atoms. The van der Waals surface area contributed by atoms with Gasteiger partial charge in [-0.25, -0.2) is 5.43 Å². The third kappa shape index (κ3) is 5.38. The standard InChI is InChI=1S/C16H21N5O2S/c1-2-3-4-5-12(10-13-15(23)19-16(24)18-13)20-21-14(22)11-6-8-17-9-7-11/h6-9,13H,2-5,10H2,1H3,(H,21,22)(H2,18,19,23,24)/b20-12+/t13-/m0/s1. The Morgan fingerprint density at radius 2 is 2.12 bits per heavy atom. The van der Waals surface area contributed by atoms with E-state index >= 15 is 0 Å². The number of unbranched alkanes of at least 4 members (excludes halogenated alkanes) is 2. The van der Waals surface area contributed by atoms with Crippen LogP contribution in [0.5, 0.6) is 0 Å². The van der Waals surface area contributed by atoms with Crippen LogP contribution in [-0.4, -0.2) is 33.7 Å². The summed E-state index contributed by atoms with van der Waals surface area (Å²) in [6, 6.07) is 2.80. The molecule has 8 heteroatoms. The first-order valence-electron chi connectivity index (χ1n) is 7.97. The van der Waals surface area contributed by atoms with Gasteiger partial charge in [-0.1, -0.05) is 19.8 Å². The van der Waals surface area contributed by atoms with Crippen molar-refractivity contribution in [3.05, 3.63) is 30.1 Å². The van der Waals surface area contributed by atoms with Gasteiger partial charge >= 0.3 is 0 Å². The molecule has 0 aromatic carbocycles. The number of hydrogen-bond donors (Lipinski definition) is 3. The van der Waals surface area contributed by atoms with Gasteiger partial charge in [-0.2, -0.15) is 5.10 Å². The number of amides is 2. The summed E-state index contributed by atoms with van der Waals surface area (Å²) in [7, 11) is 0. The van der Waals surface area contributed by atoms with E-state index in [4.69, 9.17) is 12.2 Å². The van der Waals surface area contributed by atoms with Crippen LogP contribution in [0, 0.1) is 0 Å². The number of pyridine rings is 1. The van der Waals surface area contributed by atoms with Crippen molar-refractivity contribution >= 4 is 34.9 Å². The molecule has 1 atom stereocenters. The van der Waals surface area contributed by atoms with E-state index in [-0.39, 0.29) is 11.8 Å². The van der Waals surface area contributed by atoms with Gasteiger partial charge in [0.15, 0.2) is 5.11 Å². The lowest BCUT2D eigenvalue weighted by molar-refractivity contribution is -0.119. The van der Waals surface area contributed by atoms with Crippen molar-refractivity contribution in [1.29, 1.82) is 0 Å². The van der Waals surface area contributed by atoms with Crippen molar-refractivity contribution in [2.24, 2.45) is 5.10 Å². The fourth-order valence-corrected chi connectivity index (χ4v) is 2.56. The molecule has 1 aliphatic rings. The van der Waals surface area contributed by atoms with E-state index in [0.717, 1.165) is 31.4 Å². The highest BCUT2D eigenvalue weighted by Crippen LogP contribution is 2.08. The minimum absolute atomic E-state index is 0.163. The average Bonchev–Trinajstić information content (AvgIpc) is 2.90. The molecule has 2 amide bonds. The Hall–Kier alpha value is -2.35. The molecule has 0 aliphatic carbocycles. The molecule has 3 N–H and O–H groups in total. The Bertz CT molecular complexity index is 633. The van der Waals surface area contributed by atoms with Crippen LogP contribution in [0.15, 0.2) is 29.6 Å². The number of hydrazone groups is 1. The molecule has 0 saturated carbocycles. The topological polar surface area (TPSA) is 95.5 Å². The molecule has 0 bridgehead atoms. The number of carbonyl (C=O) groups is 2. The van der Waals surface area contributed by atoms with Crippen LogP contribution < -0.4 is 16.1 Å². The zero-order valence-electron chi connectivity index (χ0n) is 13.5. The Morgan fingerprint density at radius 3 is 2.75 bits per heavy atom. The molecule has 1 aromatic heterocycles. The van der Waals surface area contributed by atoms with Crippen molar-refractivity contribution in [2.45, 2.75) is 45.1 Å². The highest BCUT2D eigenvalue weighted by molar-refractivity contribution is 7.80. The van der Waals surface area contributed by atoms with Crippen molar-refractivity contribution in [2.75, 3.05) is 0 Å². The van der Waals surface area contributed by atoms with E-state index in [2.05, 4.69) is 33.1 Å². The van der Waals surface area contributed by atoms with Gasteiger partial charge in [0, 0.05) is 30.1 Å². The maximum absolute atomic E-state index is 12.1. The lowest BCUT2D eigenvalue weighted by Crippen LogP contribution is -2.32. The predicted molar refractivity (Wildman–Crippen MR) is 95.6 cm³/mol. The normalized spacial score (nSPS) is 17.4. The smallest absolute Gasteiger partial charge is 0.271 e. The summed E-state index contributed by atoms with van der Waals surface area (Å²) in [6.07, 6.45) is 7.35.